The van der Waals surface area contributed by atoms with Crippen LogP contribution < -0.4 is 4.72 Å². The Bertz CT molecular complexity index is 263. The predicted octanol–water partition coefficient (Wildman–Crippen LogP) is 1.89. The molecular formula is C12H27NO3S. The third kappa shape index (κ3) is 12.1. The average Bonchev–Trinajstić information content (AvgIpc) is 2.24. The molecule has 4 nitrogen and oxygen atoms in total. The molecule has 0 aromatic rings. The van der Waals surface area contributed by atoms with E-state index >= 15 is 0 Å². The lowest BCUT2D eigenvalue weighted by molar-refractivity contribution is 0.295. The maximum atomic E-state index is 11.3. The minimum Gasteiger partial charge on any atom is -0.396 e. The summed E-state index contributed by atoms with van der Waals surface area (Å²) in [5, 5.41) is 8.55. The van der Waals surface area contributed by atoms with E-state index in [2.05, 4.69) is 18.6 Å². The molecule has 0 saturated carbocycles. The summed E-state index contributed by atoms with van der Waals surface area (Å²) in [7, 11) is -3.16. The minimum absolute atomic E-state index is 0.0247. The first-order chi connectivity index (χ1) is 7.98. The number of unbranched alkanes of at least 4 members (excludes halogenated alkanes) is 3. The SMILES string of the molecule is CC(C)CCCCCCNS(=O)(=O)CCCO. The van der Waals surface area contributed by atoms with Crippen molar-refractivity contribution >= 4 is 10.0 Å². The monoisotopic (exact) mass is 265 g/mol. The van der Waals surface area contributed by atoms with Gasteiger partial charge in [-0.15, -0.1) is 0 Å². The Balaban J connectivity index is 3.38. The molecule has 0 aromatic heterocycles. The summed E-state index contributed by atoms with van der Waals surface area (Å²) in [4.78, 5) is 0. The third-order valence-electron chi connectivity index (χ3n) is 2.60. The summed E-state index contributed by atoms with van der Waals surface area (Å²) in [5.74, 6) is 0.781. The molecule has 0 radical (unpaired) electrons. The summed E-state index contributed by atoms with van der Waals surface area (Å²) in [6.07, 6.45) is 5.95. The highest BCUT2D eigenvalue weighted by molar-refractivity contribution is 7.89. The lowest BCUT2D eigenvalue weighted by atomic mass is 10.0. The van der Waals surface area contributed by atoms with Crippen LogP contribution in [0, 0.1) is 5.92 Å². The van der Waals surface area contributed by atoms with Crippen molar-refractivity contribution in [2.45, 2.75) is 52.4 Å². The molecule has 0 heterocycles. The number of aliphatic hydroxyl groups is 1. The fourth-order valence-corrected chi connectivity index (χ4v) is 2.69. The summed E-state index contributed by atoms with van der Waals surface area (Å²) in [6.45, 7) is 4.89. The standard InChI is InChI=1S/C12H27NO3S/c1-12(2)8-5-3-4-6-9-13-17(15,16)11-7-10-14/h12-14H,3-11H2,1-2H3. The molecule has 17 heavy (non-hydrogen) atoms. The Morgan fingerprint density at radius 1 is 1.06 bits per heavy atom. The number of nitrogens with one attached hydrogen (secondary N) is 1. The fourth-order valence-electron chi connectivity index (χ4n) is 1.59. The largest absolute Gasteiger partial charge is 0.396 e. The molecule has 0 aliphatic heterocycles. The molecule has 0 atom stereocenters. The molecule has 0 rings (SSSR count). The lowest BCUT2D eigenvalue weighted by Gasteiger charge is -2.06. The number of hydrogen-bond acceptors (Lipinski definition) is 3. The number of sulfonamides is 1. The summed E-state index contributed by atoms with van der Waals surface area (Å²) in [6, 6.07) is 0. The van der Waals surface area contributed by atoms with Crippen LogP contribution in [0.3, 0.4) is 0 Å². The molecule has 5 heteroatoms. The second-order valence-electron chi connectivity index (χ2n) is 4.89. The van der Waals surface area contributed by atoms with Crippen LogP contribution in [0.25, 0.3) is 0 Å². The second kappa shape index (κ2) is 9.85. The molecular weight excluding hydrogens is 238 g/mol. The van der Waals surface area contributed by atoms with Crippen molar-refractivity contribution in [3.05, 3.63) is 0 Å². The van der Waals surface area contributed by atoms with E-state index in [4.69, 9.17) is 5.11 Å². The van der Waals surface area contributed by atoms with Crippen molar-refractivity contribution in [3.63, 3.8) is 0 Å². The highest BCUT2D eigenvalue weighted by Crippen LogP contribution is 2.09. The van der Waals surface area contributed by atoms with Crippen molar-refractivity contribution in [1.29, 1.82) is 0 Å². The van der Waals surface area contributed by atoms with Gasteiger partial charge < -0.3 is 5.11 Å². The highest BCUT2D eigenvalue weighted by atomic mass is 32.2. The molecule has 0 saturated heterocycles. The number of hydrogen-bond donors (Lipinski definition) is 2. The first-order valence-electron chi connectivity index (χ1n) is 6.56. The quantitative estimate of drug-likeness (QED) is 0.561. The van der Waals surface area contributed by atoms with E-state index in [-0.39, 0.29) is 12.4 Å². The number of aliphatic hydroxyl groups excluding tert-OH is 1. The van der Waals surface area contributed by atoms with Crippen molar-refractivity contribution < 1.29 is 13.5 Å². The summed E-state index contributed by atoms with van der Waals surface area (Å²) < 4.78 is 25.2. The minimum atomic E-state index is -3.16. The fraction of sp³-hybridized carbons (Fsp3) is 1.00. The smallest absolute Gasteiger partial charge is 0.211 e. The van der Waals surface area contributed by atoms with Crippen LogP contribution in [-0.2, 0) is 10.0 Å². The van der Waals surface area contributed by atoms with E-state index in [9.17, 15) is 8.42 Å². The molecule has 0 bridgehead atoms. The highest BCUT2D eigenvalue weighted by Gasteiger charge is 2.07. The maximum Gasteiger partial charge on any atom is 0.211 e. The van der Waals surface area contributed by atoms with Crippen LogP contribution in [0.5, 0.6) is 0 Å². The van der Waals surface area contributed by atoms with Gasteiger partial charge in [0.05, 0.1) is 5.75 Å². The van der Waals surface area contributed by atoms with Crippen LogP contribution >= 0.6 is 0 Å². The zero-order chi connectivity index (χ0) is 13.1. The third-order valence-corrected chi connectivity index (χ3v) is 4.07. The Morgan fingerprint density at radius 2 is 1.71 bits per heavy atom. The van der Waals surface area contributed by atoms with Gasteiger partial charge in [0.2, 0.25) is 10.0 Å². The Morgan fingerprint density at radius 3 is 2.29 bits per heavy atom. The van der Waals surface area contributed by atoms with Gasteiger partial charge in [-0.3, -0.25) is 0 Å². The first-order valence-corrected chi connectivity index (χ1v) is 8.21. The second-order valence-corrected chi connectivity index (χ2v) is 6.81. The molecule has 0 unspecified atom stereocenters. The molecule has 2 N–H and O–H groups in total. The number of rotatable bonds is 11. The summed E-state index contributed by atoms with van der Waals surface area (Å²) in [5.41, 5.74) is 0. The van der Waals surface area contributed by atoms with Gasteiger partial charge in [-0.2, -0.15) is 0 Å². The van der Waals surface area contributed by atoms with Gasteiger partial charge >= 0.3 is 0 Å². The Hall–Kier alpha value is -0.130. The van der Waals surface area contributed by atoms with Gasteiger partial charge in [0.1, 0.15) is 0 Å². The van der Waals surface area contributed by atoms with Gasteiger partial charge in [0.25, 0.3) is 0 Å². The van der Waals surface area contributed by atoms with Crippen LogP contribution in [-0.4, -0.2) is 32.4 Å². The van der Waals surface area contributed by atoms with Crippen molar-refractivity contribution in [2.24, 2.45) is 5.92 Å². The van der Waals surface area contributed by atoms with Crippen LogP contribution in [0.4, 0.5) is 0 Å². The molecule has 0 spiro atoms. The van der Waals surface area contributed by atoms with Crippen LogP contribution in [0.1, 0.15) is 52.4 Å². The normalized spacial score (nSPS) is 12.2. The van der Waals surface area contributed by atoms with Gasteiger partial charge in [0.15, 0.2) is 0 Å². The lowest BCUT2D eigenvalue weighted by Crippen LogP contribution is -2.27. The molecule has 104 valence electrons. The molecule has 0 amide bonds. The predicted molar refractivity (Wildman–Crippen MR) is 71.4 cm³/mol. The van der Waals surface area contributed by atoms with E-state index in [0.29, 0.717) is 13.0 Å². The molecule has 0 aromatic carbocycles. The molecule has 0 aliphatic carbocycles. The van der Waals surface area contributed by atoms with E-state index in [0.717, 1.165) is 18.8 Å². The van der Waals surface area contributed by atoms with E-state index in [1.807, 2.05) is 0 Å². The zero-order valence-electron chi connectivity index (χ0n) is 11.1. The van der Waals surface area contributed by atoms with Crippen molar-refractivity contribution in [2.75, 3.05) is 18.9 Å². The summed E-state index contributed by atoms with van der Waals surface area (Å²) >= 11 is 0. The van der Waals surface area contributed by atoms with Gasteiger partial charge in [0, 0.05) is 13.2 Å². The van der Waals surface area contributed by atoms with Gasteiger partial charge in [-0.25, -0.2) is 13.1 Å². The van der Waals surface area contributed by atoms with Crippen LogP contribution in [0.15, 0.2) is 0 Å². The maximum absolute atomic E-state index is 11.3. The topological polar surface area (TPSA) is 66.4 Å². The molecule has 0 aliphatic rings. The van der Waals surface area contributed by atoms with Crippen molar-refractivity contribution in [1.82, 2.24) is 4.72 Å². The molecule has 0 fully saturated rings. The Kier molecular flexibility index (Phi) is 9.78. The van der Waals surface area contributed by atoms with E-state index in [1.165, 1.54) is 19.3 Å². The van der Waals surface area contributed by atoms with E-state index < -0.39 is 10.0 Å². The van der Waals surface area contributed by atoms with Crippen molar-refractivity contribution in [3.8, 4) is 0 Å². The van der Waals surface area contributed by atoms with Gasteiger partial charge in [-0.05, 0) is 18.8 Å². The Labute approximate surface area is 106 Å². The van der Waals surface area contributed by atoms with Gasteiger partial charge in [-0.1, -0.05) is 39.5 Å². The average molecular weight is 265 g/mol. The van der Waals surface area contributed by atoms with E-state index in [1.54, 1.807) is 0 Å². The first kappa shape index (κ1) is 16.9. The zero-order valence-corrected chi connectivity index (χ0v) is 11.9. The van der Waals surface area contributed by atoms with Crippen LogP contribution in [0.2, 0.25) is 0 Å².